The zero-order valence-corrected chi connectivity index (χ0v) is 21.0. The van der Waals surface area contributed by atoms with Gasteiger partial charge in [-0.1, -0.05) is 5.16 Å². The smallest absolute Gasteiger partial charge is 0.341 e. The van der Waals surface area contributed by atoms with Crippen LogP contribution in [0.15, 0.2) is 28.8 Å². The fraction of sp³-hybridized carbons (Fsp3) is 0.462. The number of anilines is 1. The number of nitrogens with zero attached hydrogens (tertiary/aromatic N) is 3. The molecule has 5 rings (SSSR count). The molecule has 3 aromatic rings. The van der Waals surface area contributed by atoms with Gasteiger partial charge in [0, 0.05) is 17.0 Å². The van der Waals surface area contributed by atoms with Crippen molar-refractivity contribution in [1.82, 2.24) is 15.0 Å². The van der Waals surface area contributed by atoms with Gasteiger partial charge in [0.05, 0.1) is 24.6 Å². The third kappa shape index (κ3) is 5.34. The molecule has 0 radical (unpaired) electrons. The third-order valence-electron chi connectivity index (χ3n) is 6.69. The number of carbonyl (C=O) groups excluding carboxylic acids is 2. The molecule has 0 bridgehead atoms. The Kier molecular flexibility index (Phi) is 7.43. The molecular formula is C26H29FN4O4S. The van der Waals surface area contributed by atoms with E-state index in [1.165, 1.54) is 28.3 Å². The average Bonchev–Trinajstić information content (AvgIpc) is 3.49. The number of carbonyl (C=O) groups is 2. The molecule has 1 N–H and O–H groups in total. The number of thiophene rings is 1. The maximum absolute atomic E-state index is 13.3. The third-order valence-corrected chi connectivity index (χ3v) is 7.90. The molecule has 1 amide bonds. The van der Waals surface area contributed by atoms with Crippen LogP contribution in [0.3, 0.4) is 0 Å². The normalized spacial score (nSPS) is 18.0. The Morgan fingerprint density at radius 1 is 1.22 bits per heavy atom. The van der Waals surface area contributed by atoms with Crippen LogP contribution in [0.4, 0.5) is 9.39 Å². The number of rotatable bonds is 7. The predicted molar refractivity (Wildman–Crippen MR) is 133 cm³/mol. The molecule has 3 heterocycles. The molecule has 10 heteroatoms. The molecule has 36 heavy (non-hydrogen) atoms. The van der Waals surface area contributed by atoms with Crippen LogP contribution in [0.5, 0.6) is 0 Å². The SMILES string of the molecule is CCOC(=O)c1c(NC(=O)C2CCCN(Cc3nc(-c4ccc(F)cc4)no3)C2)sc2c1CCCC2. The Morgan fingerprint density at radius 3 is 2.83 bits per heavy atom. The minimum Gasteiger partial charge on any atom is -0.462 e. The lowest BCUT2D eigenvalue weighted by Crippen LogP contribution is -2.40. The van der Waals surface area contributed by atoms with Gasteiger partial charge in [0.25, 0.3) is 0 Å². The second-order valence-electron chi connectivity index (χ2n) is 9.22. The van der Waals surface area contributed by atoms with Crippen molar-refractivity contribution in [1.29, 1.82) is 0 Å². The van der Waals surface area contributed by atoms with E-state index in [1.54, 1.807) is 19.1 Å². The molecule has 1 fully saturated rings. The van der Waals surface area contributed by atoms with Gasteiger partial charge in [-0.3, -0.25) is 9.69 Å². The summed E-state index contributed by atoms with van der Waals surface area (Å²) in [4.78, 5) is 33.7. The molecule has 1 unspecified atom stereocenters. The Hall–Kier alpha value is -3.11. The summed E-state index contributed by atoms with van der Waals surface area (Å²) in [6.07, 6.45) is 5.55. The number of aromatic nitrogens is 2. The predicted octanol–water partition coefficient (Wildman–Crippen LogP) is 4.84. The highest BCUT2D eigenvalue weighted by atomic mass is 32.1. The highest BCUT2D eigenvalue weighted by Gasteiger charge is 2.31. The van der Waals surface area contributed by atoms with Crippen LogP contribution in [-0.4, -0.2) is 46.6 Å². The largest absolute Gasteiger partial charge is 0.462 e. The van der Waals surface area contributed by atoms with Gasteiger partial charge in [-0.05, 0) is 81.8 Å². The maximum atomic E-state index is 13.3. The van der Waals surface area contributed by atoms with Gasteiger partial charge in [0.2, 0.25) is 17.6 Å². The fourth-order valence-electron chi connectivity index (χ4n) is 4.93. The second kappa shape index (κ2) is 10.9. The fourth-order valence-corrected chi connectivity index (χ4v) is 6.21. The monoisotopic (exact) mass is 512 g/mol. The summed E-state index contributed by atoms with van der Waals surface area (Å²) in [5.74, 6) is -0.118. The van der Waals surface area contributed by atoms with Crippen LogP contribution in [0, 0.1) is 11.7 Å². The summed E-state index contributed by atoms with van der Waals surface area (Å²) in [6.45, 7) is 3.89. The molecular weight excluding hydrogens is 483 g/mol. The maximum Gasteiger partial charge on any atom is 0.341 e. The van der Waals surface area contributed by atoms with Gasteiger partial charge >= 0.3 is 5.97 Å². The van der Waals surface area contributed by atoms with Crippen molar-refractivity contribution in [2.45, 2.75) is 52.0 Å². The van der Waals surface area contributed by atoms with Crippen molar-refractivity contribution in [3.8, 4) is 11.4 Å². The lowest BCUT2D eigenvalue weighted by Gasteiger charge is -2.30. The molecule has 1 atom stereocenters. The minimum absolute atomic E-state index is 0.0821. The van der Waals surface area contributed by atoms with Crippen molar-refractivity contribution in [3.63, 3.8) is 0 Å². The zero-order chi connectivity index (χ0) is 25.1. The first-order chi connectivity index (χ1) is 17.5. The molecule has 2 aromatic heterocycles. The first-order valence-corrected chi connectivity index (χ1v) is 13.3. The van der Waals surface area contributed by atoms with E-state index in [1.807, 2.05) is 0 Å². The van der Waals surface area contributed by atoms with Gasteiger partial charge < -0.3 is 14.6 Å². The number of fused-ring (bicyclic) bond motifs is 1. The number of benzene rings is 1. The summed E-state index contributed by atoms with van der Waals surface area (Å²) in [7, 11) is 0. The molecule has 2 aliphatic rings. The Labute approximate surface area is 212 Å². The number of hydrogen-bond acceptors (Lipinski definition) is 8. The molecule has 1 saturated heterocycles. The van der Waals surface area contributed by atoms with Crippen LogP contribution < -0.4 is 5.32 Å². The van der Waals surface area contributed by atoms with Crippen LogP contribution in [0.2, 0.25) is 0 Å². The number of ether oxygens (including phenoxy) is 1. The Balaban J connectivity index is 1.25. The summed E-state index contributed by atoms with van der Waals surface area (Å²) in [5, 5.41) is 7.68. The van der Waals surface area contributed by atoms with Gasteiger partial charge in [0.1, 0.15) is 10.8 Å². The summed E-state index contributed by atoms with van der Waals surface area (Å²) in [5.41, 5.74) is 2.26. The molecule has 8 nitrogen and oxygen atoms in total. The summed E-state index contributed by atoms with van der Waals surface area (Å²) in [6, 6.07) is 5.93. The van der Waals surface area contributed by atoms with Gasteiger partial charge in [-0.25, -0.2) is 9.18 Å². The van der Waals surface area contributed by atoms with Crippen molar-refractivity contribution >= 4 is 28.2 Å². The van der Waals surface area contributed by atoms with Gasteiger partial charge in [-0.2, -0.15) is 4.98 Å². The Morgan fingerprint density at radius 2 is 2.03 bits per heavy atom. The molecule has 0 spiro atoms. The Bertz CT molecular complexity index is 1240. The highest BCUT2D eigenvalue weighted by Crippen LogP contribution is 2.39. The number of amides is 1. The quantitative estimate of drug-likeness (QED) is 0.452. The number of likely N-dealkylation sites (tertiary alicyclic amines) is 1. The number of aryl methyl sites for hydroxylation is 1. The van der Waals surface area contributed by atoms with E-state index in [9.17, 15) is 14.0 Å². The summed E-state index contributed by atoms with van der Waals surface area (Å²) >= 11 is 1.51. The van der Waals surface area contributed by atoms with Crippen molar-refractivity contribution in [2.75, 3.05) is 25.0 Å². The van der Waals surface area contributed by atoms with E-state index in [0.717, 1.165) is 50.6 Å². The number of hydrogen-bond donors (Lipinski definition) is 1. The van der Waals surface area contributed by atoms with Gasteiger partial charge in [-0.15, -0.1) is 11.3 Å². The summed E-state index contributed by atoms with van der Waals surface area (Å²) < 4.78 is 23.9. The van der Waals surface area contributed by atoms with Crippen LogP contribution in [-0.2, 0) is 28.9 Å². The number of halogens is 1. The van der Waals surface area contributed by atoms with Crippen LogP contribution >= 0.6 is 11.3 Å². The van der Waals surface area contributed by atoms with Crippen molar-refractivity contribution in [2.24, 2.45) is 5.92 Å². The van der Waals surface area contributed by atoms with E-state index in [2.05, 4.69) is 20.4 Å². The van der Waals surface area contributed by atoms with Crippen LogP contribution in [0.25, 0.3) is 11.4 Å². The van der Waals surface area contributed by atoms with E-state index in [4.69, 9.17) is 9.26 Å². The van der Waals surface area contributed by atoms with Crippen molar-refractivity contribution in [3.05, 3.63) is 52.0 Å². The van der Waals surface area contributed by atoms with E-state index in [-0.39, 0.29) is 23.6 Å². The van der Waals surface area contributed by atoms with Crippen LogP contribution in [0.1, 0.15) is 59.3 Å². The van der Waals surface area contributed by atoms with Crippen molar-refractivity contribution < 1.29 is 23.2 Å². The zero-order valence-electron chi connectivity index (χ0n) is 20.2. The lowest BCUT2D eigenvalue weighted by atomic mass is 9.95. The lowest BCUT2D eigenvalue weighted by molar-refractivity contribution is -0.121. The number of nitrogens with one attached hydrogen (secondary N) is 1. The first-order valence-electron chi connectivity index (χ1n) is 12.4. The second-order valence-corrected chi connectivity index (χ2v) is 10.3. The number of piperidine rings is 1. The molecule has 1 aliphatic heterocycles. The van der Waals surface area contributed by atoms with E-state index in [0.29, 0.717) is 47.5 Å². The van der Waals surface area contributed by atoms with E-state index >= 15 is 0 Å². The minimum atomic E-state index is -0.356. The highest BCUT2D eigenvalue weighted by molar-refractivity contribution is 7.17. The van der Waals surface area contributed by atoms with E-state index < -0.39 is 0 Å². The average molecular weight is 513 g/mol. The molecule has 0 saturated carbocycles. The molecule has 190 valence electrons. The molecule has 1 aromatic carbocycles. The topological polar surface area (TPSA) is 97.6 Å². The molecule has 1 aliphatic carbocycles. The van der Waals surface area contributed by atoms with Gasteiger partial charge in [0.15, 0.2) is 0 Å². The standard InChI is InChI=1S/C26H29FN4O4S/c1-2-34-26(33)22-19-7-3-4-8-20(19)36-25(22)29-24(32)17-6-5-13-31(14-17)15-21-28-23(30-35-21)16-9-11-18(27)12-10-16/h9-12,17H,2-8,13-15H2,1H3,(H,29,32). The number of esters is 1. The first kappa shape index (κ1) is 24.6.